The Hall–Kier alpha value is -1.88. The highest BCUT2D eigenvalue weighted by atomic mass is 32.2. The molecule has 0 aliphatic carbocycles. The first-order valence-electron chi connectivity index (χ1n) is 6.55. The Kier molecular flexibility index (Phi) is 4.05. The minimum absolute atomic E-state index is 0.203. The SMILES string of the molecule is Cc1cc(C)c(CS(=O)(=O)c2ccc(N)cc2F)c(C)c1. The standard InChI is InChI=1S/C16H18FNO2S/c1-10-6-11(2)14(12(3)7-10)9-21(19,20)16-5-4-13(18)8-15(16)17/h4-8H,9,18H2,1-3H3. The fraction of sp³-hybridized carbons (Fsp3) is 0.250. The lowest BCUT2D eigenvalue weighted by molar-refractivity contribution is 0.566. The second-order valence-corrected chi connectivity index (χ2v) is 7.28. The van der Waals surface area contributed by atoms with E-state index in [1.165, 1.54) is 12.1 Å². The minimum atomic E-state index is -3.75. The summed E-state index contributed by atoms with van der Waals surface area (Å²) in [5.41, 5.74) is 9.24. The van der Waals surface area contributed by atoms with Crippen molar-refractivity contribution in [3.8, 4) is 0 Å². The van der Waals surface area contributed by atoms with Crippen molar-refractivity contribution >= 4 is 15.5 Å². The van der Waals surface area contributed by atoms with Gasteiger partial charge in [0.25, 0.3) is 0 Å². The lowest BCUT2D eigenvalue weighted by Crippen LogP contribution is -2.10. The number of hydrogen-bond donors (Lipinski definition) is 1. The minimum Gasteiger partial charge on any atom is -0.399 e. The number of halogens is 1. The van der Waals surface area contributed by atoms with Crippen molar-refractivity contribution in [3.63, 3.8) is 0 Å². The van der Waals surface area contributed by atoms with Gasteiger partial charge < -0.3 is 5.73 Å². The molecule has 2 rings (SSSR count). The van der Waals surface area contributed by atoms with Crippen LogP contribution in [0.15, 0.2) is 35.2 Å². The Labute approximate surface area is 124 Å². The van der Waals surface area contributed by atoms with Crippen molar-refractivity contribution in [2.45, 2.75) is 31.4 Å². The van der Waals surface area contributed by atoms with Gasteiger partial charge in [0.2, 0.25) is 0 Å². The first-order chi connectivity index (χ1) is 9.70. The van der Waals surface area contributed by atoms with Crippen LogP contribution in [0.5, 0.6) is 0 Å². The maximum Gasteiger partial charge on any atom is 0.185 e. The van der Waals surface area contributed by atoms with Crippen LogP contribution in [0, 0.1) is 26.6 Å². The van der Waals surface area contributed by atoms with E-state index >= 15 is 0 Å². The molecule has 3 nitrogen and oxygen atoms in total. The van der Waals surface area contributed by atoms with Crippen LogP contribution in [0.25, 0.3) is 0 Å². The molecule has 0 aliphatic heterocycles. The Morgan fingerprint density at radius 3 is 2.14 bits per heavy atom. The summed E-state index contributed by atoms with van der Waals surface area (Å²) in [7, 11) is -3.75. The Morgan fingerprint density at radius 1 is 1.05 bits per heavy atom. The highest BCUT2D eigenvalue weighted by molar-refractivity contribution is 7.90. The average Bonchev–Trinajstić information content (AvgIpc) is 2.33. The average molecular weight is 307 g/mol. The fourth-order valence-corrected chi connectivity index (χ4v) is 4.10. The number of rotatable bonds is 3. The zero-order chi connectivity index (χ0) is 15.8. The number of hydrogen-bond acceptors (Lipinski definition) is 3. The van der Waals surface area contributed by atoms with Gasteiger partial charge >= 0.3 is 0 Å². The molecule has 0 saturated carbocycles. The van der Waals surface area contributed by atoms with Gasteiger partial charge in [-0.2, -0.15) is 0 Å². The summed E-state index contributed by atoms with van der Waals surface area (Å²) in [6.45, 7) is 5.69. The monoisotopic (exact) mass is 307 g/mol. The molecule has 0 spiro atoms. The summed E-state index contributed by atoms with van der Waals surface area (Å²) in [5.74, 6) is -1.02. The van der Waals surface area contributed by atoms with Gasteiger partial charge in [0.15, 0.2) is 9.84 Å². The van der Waals surface area contributed by atoms with Crippen molar-refractivity contribution in [1.29, 1.82) is 0 Å². The van der Waals surface area contributed by atoms with Crippen LogP contribution in [0.3, 0.4) is 0 Å². The Balaban J connectivity index is 2.47. The van der Waals surface area contributed by atoms with E-state index in [0.29, 0.717) is 0 Å². The molecule has 112 valence electrons. The number of nitrogen functional groups attached to an aromatic ring is 1. The first-order valence-corrected chi connectivity index (χ1v) is 8.20. The molecule has 0 heterocycles. The third-order valence-electron chi connectivity index (χ3n) is 3.47. The summed E-state index contributed by atoms with van der Waals surface area (Å²) in [5, 5.41) is 0. The van der Waals surface area contributed by atoms with E-state index in [4.69, 9.17) is 5.73 Å². The van der Waals surface area contributed by atoms with Crippen LogP contribution in [0.4, 0.5) is 10.1 Å². The third kappa shape index (κ3) is 3.24. The number of aryl methyl sites for hydroxylation is 3. The molecule has 0 atom stereocenters. The molecule has 0 bridgehead atoms. The largest absolute Gasteiger partial charge is 0.399 e. The molecule has 0 fully saturated rings. The third-order valence-corrected chi connectivity index (χ3v) is 5.14. The summed E-state index contributed by atoms with van der Waals surface area (Å²) in [4.78, 5) is -0.309. The van der Waals surface area contributed by atoms with Crippen LogP contribution < -0.4 is 5.73 Å². The van der Waals surface area contributed by atoms with Crippen molar-refractivity contribution in [2.24, 2.45) is 0 Å². The molecule has 0 aliphatic rings. The molecule has 0 unspecified atom stereocenters. The van der Waals surface area contributed by atoms with Crippen molar-refractivity contribution in [1.82, 2.24) is 0 Å². The smallest absolute Gasteiger partial charge is 0.185 e. The fourth-order valence-electron chi connectivity index (χ4n) is 2.47. The molecule has 2 aromatic rings. The molecule has 5 heteroatoms. The zero-order valence-electron chi connectivity index (χ0n) is 12.3. The van der Waals surface area contributed by atoms with Gasteiger partial charge in [-0.15, -0.1) is 0 Å². The van der Waals surface area contributed by atoms with E-state index < -0.39 is 15.7 Å². The van der Waals surface area contributed by atoms with E-state index in [0.717, 1.165) is 28.3 Å². The number of benzene rings is 2. The van der Waals surface area contributed by atoms with Crippen molar-refractivity contribution in [2.75, 3.05) is 5.73 Å². The van der Waals surface area contributed by atoms with Crippen molar-refractivity contribution < 1.29 is 12.8 Å². The van der Waals surface area contributed by atoms with E-state index in [2.05, 4.69) is 0 Å². The Morgan fingerprint density at radius 2 is 1.62 bits per heavy atom. The van der Waals surface area contributed by atoms with E-state index in [1.807, 2.05) is 32.9 Å². The number of anilines is 1. The van der Waals surface area contributed by atoms with Crippen LogP contribution in [0.2, 0.25) is 0 Å². The molecule has 0 radical (unpaired) electrons. The van der Waals surface area contributed by atoms with Crippen LogP contribution in [-0.2, 0) is 15.6 Å². The highest BCUT2D eigenvalue weighted by Crippen LogP contribution is 2.25. The molecule has 2 aromatic carbocycles. The van der Waals surface area contributed by atoms with Crippen LogP contribution >= 0.6 is 0 Å². The quantitative estimate of drug-likeness (QED) is 0.885. The summed E-state index contributed by atoms with van der Waals surface area (Å²) >= 11 is 0. The molecular formula is C16H18FNO2S. The van der Waals surface area contributed by atoms with Crippen molar-refractivity contribution in [3.05, 3.63) is 58.4 Å². The topological polar surface area (TPSA) is 60.2 Å². The molecule has 0 aromatic heterocycles. The van der Waals surface area contributed by atoms with Gasteiger partial charge in [-0.25, -0.2) is 12.8 Å². The maximum atomic E-state index is 13.9. The highest BCUT2D eigenvalue weighted by Gasteiger charge is 2.21. The molecule has 0 amide bonds. The molecule has 0 saturated heterocycles. The summed E-state index contributed by atoms with van der Waals surface area (Å²) in [6.07, 6.45) is 0. The van der Waals surface area contributed by atoms with Gasteiger partial charge in [-0.3, -0.25) is 0 Å². The van der Waals surface area contributed by atoms with Gasteiger partial charge in [0.1, 0.15) is 10.7 Å². The van der Waals surface area contributed by atoms with Gasteiger partial charge in [0.05, 0.1) is 5.75 Å². The van der Waals surface area contributed by atoms with Gasteiger partial charge in [-0.05, 0) is 55.7 Å². The predicted octanol–water partition coefficient (Wildman–Crippen LogP) is 3.31. The Bertz CT molecular complexity index is 775. The number of nitrogens with two attached hydrogens (primary N) is 1. The van der Waals surface area contributed by atoms with Crippen LogP contribution in [0.1, 0.15) is 22.3 Å². The van der Waals surface area contributed by atoms with E-state index in [9.17, 15) is 12.8 Å². The van der Waals surface area contributed by atoms with E-state index in [1.54, 1.807) is 0 Å². The van der Waals surface area contributed by atoms with Gasteiger partial charge in [0, 0.05) is 5.69 Å². The lowest BCUT2D eigenvalue weighted by Gasteiger charge is -2.12. The predicted molar refractivity (Wildman–Crippen MR) is 82.4 cm³/mol. The molecular weight excluding hydrogens is 289 g/mol. The summed E-state index contributed by atoms with van der Waals surface area (Å²) in [6, 6.07) is 7.50. The first kappa shape index (κ1) is 15.5. The van der Waals surface area contributed by atoms with Gasteiger partial charge in [-0.1, -0.05) is 17.7 Å². The maximum absolute atomic E-state index is 13.9. The van der Waals surface area contributed by atoms with E-state index in [-0.39, 0.29) is 16.3 Å². The molecule has 21 heavy (non-hydrogen) atoms. The van der Waals surface area contributed by atoms with Crippen LogP contribution in [-0.4, -0.2) is 8.42 Å². The molecule has 2 N–H and O–H groups in total. The normalized spacial score (nSPS) is 11.6. The summed E-state index contributed by atoms with van der Waals surface area (Å²) < 4.78 is 38.7. The zero-order valence-corrected chi connectivity index (χ0v) is 13.1. The number of sulfone groups is 1. The second kappa shape index (κ2) is 5.48. The lowest BCUT2D eigenvalue weighted by atomic mass is 10.0. The second-order valence-electron chi connectivity index (χ2n) is 5.33.